The molecule has 0 aromatic rings. The van der Waals surface area contributed by atoms with Gasteiger partial charge in [-0.2, -0.15) is 5.26 Å². The Hall–Kier alpha value is -1.57. The number of hydrogen-bond donors (Lipinski definition) is 0. The van der Waals surface area contributed by atoms with Crippen molar-refractivity contribution in [2.75, 3.05) is 13.7 Å². The van der Waals surface area contributed by atoms with E-state index in [0.717, 1.165) is 0 Å². The number of methoxy groups -OCH3 is 1. The summed E-state index contributed by atoms with van der Waals surface area (Å²) in [6, 6.07) is 1.54. The van der Waals surface area contributed by atoms with Gasteiger partial charge in [0.25, 0.3) is 5.71 Å². The van der Waals surface area contributed by atoms with Gasteiger partial charge in [-0.05, 0) is 6.92 Å². The van der Waals surface area contributed by atoms with Gasteiger partial charge in [-0.25, -0.2) is 4.79 Å². The van der Waals surface area contributed by atoms with E-state index in [1.165, 1.54) is 13.2 Å². The molecule has 0 heterocycles. The molecule has 0 rings (SSSR count). The van der Waals surface area contributed by atoms with Crippen LogP contribution in [0.15, 0.2) is 5.16 Å². The van der Waals surface area contributed by atoms with E-state index in [0.29, 0.717) is 6.61 Å². The van der Waals surface area contributed by atoms with E-state index in [4.69, 9.17) is 5.26 Å². The molecule has 5 nitrogen and oxygen atoms in total. The minimum atomic E-state index is -0.791. The Morgan fingerprint density at radius 3 is 2.73 bits per heavy atom. The number of carbonyl (C=O) groups is 1. The van der Waals surface area contributed by atoms with Crippen LogP contribution in [0.2, 0.25) is 0 Å². The van der Waals surface area contributed by atoms with Gasteiger partial charge < -0.3 is 9.57 Å². The van der Waals surface area contributed by atoms with Gasteiger partial charge in [-0.1, -0.05) is 5.16 Å². The van der Waals surface area contributed by atoms with Crippen molar-refractivity contribution in [2.24, 2.45) is 5.16 Å². The van der Waals surface area contributed by atoms with Crippen molar-refractivity contribution in [1.82, 2.24) is 0 Å². The Bertz CT molecular complexity index is 204. The summed E-state index contributed by atoms with van der Waals surface area (Å²) in [5, 5.41) is 11.5. The zero-order valence-corrected chi connectivity index (χ0v) is 6.33. The Kier molecular flexibility index (Phi) is 4.49. The SMILES string of the molecule is CCON=C(C#N)C(=O)OC. The van der Waals surface area contributed by atoms with Gasteiger partial charge in [-0.15, -0.1) is 0 Å². The molecular weight excluding hydrogens is 148 g/mol. The van der Waals surface area contributed by atoms with E-state index >= 15 is 0 Å². The number of nitriles is 1. The topological polar surface area (TPSA) is 71.7 Å². The smallest absolute Gasteiger partial charge is 0.371 e. The first-order chi connectivity index (χ1) is 5.26. The molecule has 0 saturated carbocycles. The lowest BCUT2D eigenvalue weighted by molar-refractivity contribution is -0.132. The normalized spacial score (nSPS) is 10.1. The molecule has 0 aromatic carbocycles. The quantitative estimate of drug-likeness (QED) is 0.329. The van der Waals surface area contributed by atoms with Crippen molar-refractivity contribution in [3.8, 4) is 6.07 Å². The monoisotopic (exact) mass is 156 g/mol. The summed E-state index contributed by atoms with van der Waals surface area (Å²) >= 11 is 0. The second-order valence-corrected chi connectivity index (χ2v) is 1.46. The highest BCUT2D eigenvalue weighted by Gasteiger charge is 2.10. The molecule has 60 valence electrons. The van der Waals surface area contributed by atoms with E-state index in [-0.39, 0.29) is 5.71 Å². The van der Waals surface area contributed by atoms with Crippen LogP contribution in [0.4, 0.5) is 0 Å². The molecule has 0 fully saturated rings. The second kappa shape index (κ2) is 5.23. The van der Waals surface area contributed by atoms with E-state index in [2.05, 4.69) is 14.7 Å². The van der Waals surface area contributed by atoms with Crippen LogP contribution in [-0.2, 0) is 14.4 Å². The molecule has 0 unspecified atom stereocenters. The third-order valence-corrected chi connectivity index (χ3v) is 0.770. The van der Waals surface area contributed by atoms with Crippen LogP contribution < -0.4 is 0 Å². The van der Waals surface area contributed by atoms with Crippen LogP contribution in [0, 0.1) is 11.3 Å². The predicted molar refractivity (Wildman–Crippen MR) is 36.7 cm³/mol. The summed E-state index contributed by atoms with van der Waals surface area (Å²) in [6.45, 7) is 2.00. The zero-order valence-electron chi connectivity index (χ0n) is 6.33. The lowest BCUT2D eigenvalue weighted by Gasteiger charge is -1.94. The number of ether oxygens (including phenoxy) is 1. The van der Waals surface area contributed by atoms with Gasteiger partial charge in [0.15, 0.2) is 0 Å². The first-order valence-electron chi connectivity index (χ1n) is 2.94. The van der Waals surface area contributed by atoms with Crippen molar-refractivity contribution >= 4 is 11.7 Å². The summed E-state index contributed by atoms with van der Waals surface area (Å²) < 4.78 is 4.23. The molecule has 11 heavy (non-hydrogen) atoms. The summed E-state index contributed by atoms with van der Waals surface area (Å²) in [5.74, 6) is -0.791. The number of rotatable bonds is 3. The molecule has 0 amide bonds. The summed E-state index contributed by atoms with van der Waals surface area (Å²) in [5.41, 5.74) is -0.380. The molecule has 0 saturated heterocycles. The fourth-order valence-corrected chi connectivity index (χ4v) is 0.329. The van der Waals surface area contributed by atoms with Crippen molar-refractivity contribution in [2.45, 2.75) is 6.92 Å². The average Bonchev–Trinajstić information content (AvgIpc) is 2.05. The highest BCUT2D eigenvalue weighted by molar-refractivity contribution is 6.42. The minimum Gasteiger partial charge on any atom is -0.464 e. The standard InChI is InChI=1S/C6H8N2O3/c1-3-11-8-5(4-7)6(9)10-2/h3H2,1-2H3. The lowest BCUT2D eigenvalue weighted by atomic mass is 10.4. The molecule has 0 aliphatic carbocycles. The number of carbonyl (C=O) groups excluding carboxylic acids is 1. The van der Waals surface area contributed by atoms with Gasteiger partial charge in [0.05, 0.1) is 7.11 Å². The van der Waals surface area contributed by atoms with Crippen LogP contribution in [0.1, 0.15) is 6.92 Å². The predicted octanol–water partition coefficient (Wildman–Crippen LogP) is 0.0755. The van der Waals surface area contributed by atoms with E-state index < -0.39 is 5.97 Å². The van der Waals surface area contributed by atoms with Crippen LogP contribution in [0.25, 0.3) is 0 Å². The van der Waals surface area contributed by atoms with Crippen LogP contribution >= 0.6 is 0 Å². The van der Waals surface area contributed by atoms with Crippen molar-refractivity contribution < 1.29 is 14.4 Å². The molecular formula is C6H8N2O3. The van der Waals surface area contributed by atoms with Crippen LogP contribution in [0.3, 0.4) is 0 Å². The van der Waals surface area contributed by atoms with Crippen molar-refractivity contribution in [3.63, 3.8) is 0 Å². The van der Waals surface area contributed by atoms with Gasteiger partial charge in [0.1, 0.15) is 12.7 Å². The van der Waals surface area contributed by atoms with Crippen LogP contribution in [-0.4, -0.2) is 25.4 Å². The van der Waals surface area contributed by atoms with Gasteiger partial charge in [0.2, 0.25) is 0 Å². The number of hydrogen-bond acceptors (Lipinski definition) is 5. The molecule has 0 aromatic heterocycles. The van der Waals surface area contributed by atoms with Crippen molar-refractivity contribution in [3.05, 3.63) is 0 Å². The molecule has 0 N–H and O–H groups in total. The van der Waals surface area contributed by atoms with Gasteiger partial charge in [-0.3, -0.25) is 0 Å². The largest absolute Gasteiger partial charge is 0.464 e. The molecule has 5 heteroatoms. The average molecular weight is 156 g/mol. The maximum atomic E-state index is 10.6. The summed E-state index contributed by atoms with van der Waals surface area (Å²) in [4.78, 5) is 15.1. The molecule has 0 aliphatic heterocycles. The minimum absolute atomic E-state index is 0.308. The molecule has 0 bridgehead atoms. The first kappa shape index (κ1) is 9.43. The maximum absolute atomic E-state index is 10.6. The molecule has 0 spiro atoms. The van der Waals surface area contributed by atoms with E-state index in [1.807, 2.05) is 0 Å². The summed E-state index contributed by atoms with van der Waals surface area (Å²) in [6.07, 6.45) is 0. The summed E-state index contributed by atoms with van der Waals surface area (Å²) in [7, 11) is 1.17. The lowest BCUT2D eigenvalue weighted by Crippen LogP contribution is -2.13. The first-order valence-corrected chi connectivity index (χ1v) is 2.94. The number of esters is 1. The third kappa shape index (κ3) is 3.20. The van der Waals surface area contributed by atoms with Gasteiger partial charge >= 0.3 is 5.97 Å². The fourth-order valence-electron chi connectivity index (χ4n) is 0.329. The number of oxime groups is 1. The van der Waals surface area contributed by atoms with Crippen LogP contribution in [0.5, 0.6) is 0 Å². The zero-order chi connectivity index (χ0) is 8.69. The Balaban J connectivity index is 4.18. The molecule has 0 atom stereocenters. The molecule has 0 aliphatic rings. The molecule has 0 radical (unpaired) electrons. The van der Waals surface area contributed by atoms with Crippen molar-refractivity contribution in [1.29, 1.82) is 5.26 Å². The highest BCUT2D eigenvalue weighted by atomic mass is 16.6. The Morgan fingerprint density at radius 2 is 2.36 bits per heavy atom. The maximum Gasteiger partial charge on any atom is 0.371 e. The third-order valence-electron chi connectivity index (χ3n) is 0.770. The van der Waals surface area contributed by atoms with E-state index in [1.54, 1.807) is 6.92 Å². The fraction of sp³-hybridized carbons (Fsp3) is 0.500. The number of nitrogens with zero attached hydrogens (tertiary/aromatic N) is 2. The van der Waals surface area contributed by atoms with Gasteiger partial charge in [0, 0.05) is 0 Å². The second-order valence-electron chi connectivity index (χ2n) is 1.46. The Morgan fingerprint density at radius 1 is 1.73 bits per heavy atom. The Labute approximate surface area is 64.2 Å². The highest BCUT2D eigenvalue weighted by Crippen LogP contribution is 1.83. The van der Waals surface area contributed by atoms with E-state index in [9.17, 15) is 4.79 Å².